The lowest BCUT2D eigenvalue weighted by Gasteiger charge is -2.25. The van der Waals surface area contributed by atoms with E-state index in [9.17, 15) is 9.90 Å². The number of amides is 1. The summed E-state index contributed by atoms with van der Waals surface area (Å²) in [5.41, 5.74) is 1.11. The second-order valence-corrected chi connectivity index (χ2v) is 5.90. The van der Waals surface area contributed by atoms with Gasteiger partial charge in [-0.05, 0) is 43.2 Å². The Morgan fingerprint density at radius 2 is 2.20 bits per heavy atom. The highest BCUT2D eigenvalue weighted by atomic mass is 16.5. The fourth-order valence-corrected chi connectivity index (χ4v) is 3.12. The molecule has 0 bridgehead atoms. The van der Waals surface area contributed by atoms with Crippen LogP contribution in [0.1, 0.15) is 24.8 Å². The van der Waals surface area contributed by atoms with Gasteiger partial charge in [0.05, 0.1) is 12.0 Å². The zero-order chi connectivity index (χ0) is 13.9. The van der Waals surface area contributed by atoms with Crippen molar-refractivity contribution < 1.29 is 14.6 Å². The van der Waals surface area contributed by atoms with Crippen molar-refractivity contribution in [2.45, 2.75) is 31.8 Å². The van der Waals surface area contributed by atoms with Gasteiger partial charge >= 0.3 is 0 Å². The molecule has 4 heteroatoms. The van der Waals surface area contributed by atoms with Crippen LogP contribution >= 0.6 is 0 Å². The van der Waals surface area contributed by atoms with Gasteiger partial charge in [0, 0.05) is 6.54 Å². The minimum absolute atomic E-state index is 0.0703. The number of fused-ring (bicyclic) bond motifs is 1. The van der Waals surface area contributed by atoms with Crippen LogP contribution in [-0.4, -0.2) is 30.3 Å². The molecule has 1 aromatic carbocycles. The van der Waals surface area contributed by atoms with Crippen molar-refractivity contribution in [1.82, 2.24) is 5.32 Å². The number of ether oxygens (including phenoxy) is 1. The molecule has 3 atom stereocenters. The number of rotatable bonds is 3. The van der Waals surface area contributed by atoms with Gasteiger partial charge in [-0.2, -0.15) is 0 Å². The van der Waals surface area contributed by atoms with Crippen LogP contribution in [0.3, 0.4) is 0 Å². The third-order valence-electron chi connectivity index (χ3n) is 4.33. The number of carbonyl (C=O) groups excluding carboxylic acids is 1. The zero-order valence-corrected chi connectivity index (χ0v) is 11.5. The summed E-state index contributed by atoms with van der Waals surface area (Å²) in [6.45, 7) is 1.13. The molecule has 1 saturated carbocycles. The topological polar surface area (TPSA) is 58.6 Å². The Bertz CT molecular complexity index is 488. The molecule has 1 aliphatic carbocycles. The van der Waals surface area contributed by atoms with E-state index in [1.807, 2.05) is 24.3 Å². The van der Waals surface area contributed by atoms with E-state index >= 15 is 0 Å². The lowest BCUT2D eigenvalue weighted by molar-refractivity contribution is -0.126. The second-order valence-electron chi connectivity index (χ2n) is 5.90. The molecular formula is C16H21NO3. The van der Waals surface area contributed by atoms with Crippen LogP contribution in [-0.2, 0) is 11.2 Å². The van der Waals surface area contributed by atoms with Crippen LogP contribution in [0.2, 0.25) is 0 Å². The van der Waals surface area contributed by atoms with Crippen molar-refractivity contribution in [2.75, 3.05) is 13.2 Å². The van der Waals surface area contributed by atoms with Gasteiger partial charge in [-0.1, -0.05) is 18.2 Å². The number of hydrogen-bond donors (Lipinski definition) is 2. The molecule has 0 radical (unpaired) electrons. The van der Waals surface area contributed by atoms with Crippen LogP contribution in [0.5, 0.6) is 5.75 Å². The Hall–Kier alpha value is -1.55. The summed E-state index contributed by atoms with van der Waals surface area (Å²) in [5, 5.41) is 12.5. The van der Waals surface area contributed by atoms with Gasteiger partial charge in [-0.15, -0.1) is 0 Å². The standard InChI is InChI=1S/C16H21NO3/c18-14-6-5-11(7-14)9-17-16(19)13-8-12-3-1-2-4-15(12)20-10-13/h1-4,11,13-14,18H,5-10H2,(H,17,19). The predicted molar refractivity (Wildman–Crippen MR) is 75.5 cm³/mol. The van der Waals surface area contributed by atoms with E-state index in [1.54, 1.807) is 0 Å². The summed E-state index contributed by atoms with van der Waals surface area (Å²) in [6.07, 6.45) is 3.24. The van der Waals surface area contributed by atoms with Gasteiger partial charge in [0.2, 0.25) is 5.91 Å². The molecule has 0 aromatic heterocycles. The predicted octanol–water partition coefficient (Wildman–Crippen LogP) is 1.51. The molecule has 0 spiro atoms. The number of benzene rings is 1. The Labute approximate surface area is 119 Å². The molecular weight excluding hydrogens is 254 g/mol. The third-order valence-corrected chi connectivity index (χ3v) is 4.33. The lowest BCUT2D eigenvalue weighted by Crippen LogP contribution is -2.39. The molecule has 1 fully saturated rings. The van der Waals surface area contributed by atoms with E-state index in [0.29, 0.717) is 19.1 Å². The molecule has 3 unspecified atom stereocenters. The normalized spacial score (nSPS) is 28.6. The Kier molecular flexibility index (Phi) is 3.92. The van der Waals surface area contributed by atoms with Crippen molar-refractivity contribution in [2.24, 2.45) is 11.8 Å². The van der Waals surface area contributed by atoms with E-state index in [-0.39, 0.29) is 17.9 Å². The zero-order valence-electron chi connectivity index (χ0n) is 11.5. The van der Waals surface area contributed by atoms with E-state index in [1.165, 1.54) is 0 Å². The Morgan fingerprint density at radius 1 is 1.35 bits per heavy atom. The Balaban J connectivity index is 1.51. The van der Waals surface area contributed by atoms with E-state index in [4.69, 9.17) is 4.74 Å². The lowest BCUT2D eigenvalue weighted by atomic mass is 9.96. The average molecular weight is 275 g/mol. The largest absolute Gasteiger partial charge is 0.492 e. The van der Waals surface area contributed by atoms with Crippen molar-refractivity contribution in [3.8, 4) is 5.75 Å². The summed E-state index contributed by atoms with van der Waals surface area (Å²) < 4.78 is 5.65. The molecule has 2 N–H and O–H groups in total. The maximum atomic E-state index is 12.2. The van der Waals surface area contributed by atoms with Gasteiger partial charge in [-0.25, -0.2) is 0 Å². The van der Waals surface area contributed by atoms with Crippen molar-refractivity contribution in [1.29, 1.82) is 0 Å². The molecule has 1 amide bonds. The first-order chi connectivity index (χ1) is 9.72. The van der Waals surface area contributed by atoms with E-state index in [2.05, 4.69) is 5.32 Å². The number of hydrogen-bond acceptors (Lipinski definition) is 3. The van der Waals surface area contributed by atoms with Crippen LogP contribution in [0.15, 0.2) is 24.3 Å². The highest BCUT2D eigenvalue weighted by Gasteiger charge is 2.27. The molecule has 3 rings (SSSR count). The maximum absolute atomic E-state index is 12.2. The van der Waals surface area contributed by atoms with Crippen LogP contribution in [0.25, 0.3) is 0 Å². The molecule has 1 heterocycles. The maximum Gasteiger partial charge on any atom is 0.226 e. The summed E-state index contributed by atoms with van der Waals surface area (Å²) in [5.74, 6) is 1.29. The van der Waals surface area contributed by atoms with Gasteiger partial charge in [0.25, 0.3) is 0 Å². The van der Waals surface area contributed by atoms with Gasteiger partial charge in [-0.3, -0.25) is 4.79 Å². The molecule has 0 saturated heterocycles. The average Bonchev–Trinajstić information content (AvgIpc) is 2.90. The number of carbonyl (C=O) groups is 1. The summed E-state index contributed by atoms with van der Waals surface area (Å²) >= 11 is 0. The smallest absolute Gasteiger partial charge is 0.226 e. The first-order valence-electron chi connectivity index (χ1n) is 7.39. The van der Waals surface area contributed by atoms with Crippen molar-refractivity contribution in [3.63, 3.8) is 0 Å². The molecule has 20 heavy (non-hydrogen) atoms. The highest BCUT2D eigenvalue weighted by molar-refractivity contribution is 5.79. The fourth-order valence-electron chi connectivity index (χ4n) is 3.12. The van der Waals surface area contributed by atoms with Gasteiger partial charge < -0.3 is 15.2 Å². The van der Waals surface area contributed by atoms with E-state index in [0.717, 1.165) is 37.0 Å². The first-order valence-corrected chi connectivity index (χ1v) is 7.39. The summed E-state index contributed by atoms with van der Waals surface area (Å²) in [6, 6.07) is 7.89. The monoisotopic (exact) mass is 275 g/mol. The van der Waals surface area contributed by atoms with Crippen LogP contribution < -0.4 is 10.1 Å². The van der Waals surface area contributed by atoms with Gasteiger partial charge in [0.15, 0.2) is 0 Å². The van der Waals surface area contributed by atoms with E-state index < -0.39 is 0 Å². The number of para-hydroxylation sites is 1. The third kappa shape index (κ3) is 2.96. The minimum atomic E-state index is -0.179. The molecule has 2 aliphatic rings. The number of aliphatic hydroxyl groups is 1. The summed E-state index contributed by atoms with van der Waals surface area (Å²) in [4.78, 5) is 12.2. The highest BCUT2D eigenvalue weighted by Crippen LogP contribution is 2.27. The molecule has 1 aromatic rings. The van der Waals surface area contributed by atoms with Crippen molar-refractivity contribution >= 4 is 5.91 Å². The number of nitrogens with one attached hydrogen (secondary N) is 1. The quantitative estimate of drug-likeness (QED) is 0.879. The molecule has 4 nitrogen and oxygen atoms in total. The SMILES string of the molecule is O=C(NCC1CCC(O)C1)C1COc2ccccc2C1. The van der Waals surface area contributed by atoms with Gasteiger partial charge in [0.1, 0.15) is 12.4 Å². The summed E-state index contributed by atoms with van der Waals surface area (Å²) in [7, 11) is 0. The van der Waals surface area contributed by atoms with Crippen molar-refractivity contribution in [3.05, 3.63) is 29.8 Å². The van der Waals surface area contributed by atoms with Crippen LogP contribution in [0.4, 0.5) is 0 Å². The molecule has 108 valence electrons. The van der Waals surface area contributed by atoms with Crippen LogP contribution in [0, 0.1) is 11.8 Å². The Morgan fingerprint density at radius 3 is 3.00 bits per heavy atom. The second kappa shape index (κ2) is 5.83. The first kappa shape index (κ1) is 13.4. The molecule has 1 aliphatic heterocycles. The fraction of sp³-hybridized carbons (Fsp3) is 0.562. The minimum Gasteiger partial charge on any atom is -0.492 e. The number of aliphatic hydroxyl groups excluding tert-OH is 1.